The van der Waals surface area contributed by atoms with Crippen LogP contribution in [0.5, 0.6) is 0 Å². The number of nitrogens with zero attached hydrogens (tertiary/aromatic N) is 3. The summed E-state index contributed by atoms with van der Waals surface area (Å²) in [6, 6.07) is 13.4. The van der Waals surface area contributed by atoms with Gasteiger partial charge in [-0.25, -0.2) is 0 Å². The maximum absolute atomic E-state index is 12.8. The summed E-state index contributed by atoms with van der Waals surface area (Å²) in [6.45, 7) is 2.70. The number of hydrogen-bond donors (Lipinski definition) is 1. The summed E-state index contributed by atoms with van der Waals surface area (Å²) in [4.78, 5) is 23.2. The second-order valence-electron chi connectivity index (χ2n) is 6.73. The fraction of sp³-hybridized carbons (Fsp3) is 0.136. The maximum atomic E-state index is 12.8. The average molecular weight is 387 g/mol. The predicted molar refractivity (Wildman–Crippen MR) is 112 cm³/mol. The molecule has 28 heavy (non-hydrogen) atoms. The number of thiophene rings is 1. The van der Waals surface area contributed by atoms with Crippen molar-refractivity contribution in [3.8, 4) is 0 Å². The molecule has 1 N–H and O–H groups in total. The van der Waals surface area contributed by atoms with Crippen LogP contribution in [0.15, 0.2) is 59.7 Å². The molecule has 1 aromatic carbocycles. The Bertz CT molecular complexity index is 1300. The molecule has 0 aliphatic carbocycles. The minimum Gasteiger partial charge on any atom is -0.507 e. The zero-order valence-corrected chi connectivity index (χ0v) is 16.0. The van der Waals surface area contributed by atoms with Gasteiger partial charge >= 0.3 is 0 Å². The van der Waals surface area contributed by atoms with Crippen molar-refractivity contribution in [1.29, 1.82) is 0 Å². The van der Waals surface area contributed by atoms with Crippen molar-refractivity contribution in [2.24, 2.45) is 0 Å². The van der Waals surface area contributed by atoms with Crippen molar-refractivity contribution in [3.05, 3.63) is 92.6 Å². The zero-order valence-electron chi connectivity index (χ0n) is 15.2. The van der Waals surface area contributed by atoms with E-state index in [-0.39, 0.29) is 11.3 Å². The molecule has 0 saturated heterocycles. The van der Waals surface area contributed by atoms with Crippen molar-refractivity contribution in [2.45, 2.75) is 19.9 Å². The summed E-state index contributed by atoms with van der Waals surface area (Å²) >= 11 is 1.62. The third-order valence-electron chi connectivity index (χ3n) is 5.08. The van der Waals surface area contributed by atoms with Crippen LogP contribution in [0.4, 0.5) is 0 Å². The summed E-state index contributed by atoms with van der Waals surface area (Å²) in [6.07, 6.45) is 4.14. The van der Waals surface area contributed by atoms with Crippen molar-refractivity contribution in [3.63, 3.8) is 0 Å². The fourth-order valence-electron chi connectivity index (χ4n) is 3.69. The van der Waals surface area contributed by atoms with Gasteiger partial charge in [-0.1, -0.05) is 31.2 Å². The Hall–Kier alpha value is -3.25. The molecule has 4 aromatic rings. The minimum absolute atomic E-state index is 0.0989. The Balaban J connectivity index is 1.89. The number of aromatic nitrogens is 3. The van der Waals surface area contributed by atoms with Gasteiger partial charge in [0, 0.05) is 22.8 Å². The number of pyridine rings is 1. The Morgan fingerprint density at radius 1 is 1.21 bits per heavy atom. The normalized spacial score (nSPS) is 14.6. The van der Waals surface area contributed by atoms with Crippen LogP contribution in [0, 0.1) is 0 Å². The van der Waals surface area contributed by atoms with E-state index in [0.29, 0.717) is 28.9 Å². The molecule has 0 atom stereocenters. The zero-order chi connectivity index (χ0) is 19.3. The first kappa shape index (κ1) is 16.9. The molecule has 0 fully saturated rings. The van der Waals surface area contributed by atoms with E-state index < -0.39 is 0 Å². The maximum Gasteiger partial charge on any atom is 0.281 e. The van der Waals surface area contributed by atoms with Crippen molar-refractivity contribution in [2.75, 3.05) is 0 Å². The lowest BCUT2D eigenvalue weighted by Gasteiger charge is -2.25. The van der Waals surface area contributed by atoms with Crippen LogP contribution in [0.3, 0.4) is 0 Å². The van der Waals surface area contributed by atoms with Gasteiger partial charge in [-0.3, -0.25) is 9.78 Å². The molecule has 0 unspecified atom stereocenters. The highest BCUT2D eigenvalue weighted by atomic mass is 32.1. The number of aryl methyl sites for hydroxylation is 1. The molecule has 1 aliphatic rings. The van der Waals surface area contributed by atoms with Gasteiger partial charge in [0.1, 0.15) is 16.4 Å². The number of hydrogen-bond acceptors (Lipinski definition) is 5. The number of aliphatic hydroxyl groups excluding tert-OH is 1. The molecule has 4 heterocycles. The van der Waals surface area contributed by atoms with E-state index in [2.05, 4.69) is 27.5 Å². The lowest BCUT2D eigenvalue weighted by molar-refractivity contribution is 0.512. The number of benzene rings is 1. The highest BCUT2D eigenvalue weighted by Gasteiger charge is 2.27. The fourth-order valence-corrected chi connectivity index (χ4v) is 4.78. The second kappa shape index (κ2) is 6.42. The summed E-state index contributed by atoms with van der Waals surface area (Å²) in [5, 5.41) is 11.8. The van der Waals surface area contributed by atoms with Gasteiger partial charge in [0.05, 0.1) is 17.5 Å². The van der Waals surface area contributed by atoms with Gasteiger partial charge in [-0.2, -0.15) is 4.98 Å². The largest absolute Gasteiger partial charge is 0.507 e. The predicted octanol–water partition coefficient (Wildman–Crippen LogP) is 4.25. The van der Waals surface area contributed by atoms with Crippen molar-refractivity contribution >= 4 is 32.9 Å². The summed E-state index contributed by atoms with van der Waals surface area (Å²) in [5.74, 6) is 0.608. The summed E-state index contributed by atoms with van der Waals surface area (Å²) < 4.78 is 2.05. The first-order valence-electron chi connectivity index (χ1n) is 9.13. The van der Waals surface area contributed by atoms with Crippen LogP contribution >= 0.6 is 11.3 Å². The number of aliphatic hydroxyl groups is 1. The third-order valence-corrected chi connectivity index (χ3v) is 6.38. The van der Waals surface area contributed by atoms with Gasteiger partial charge in [0.25, 0.3) is 5.56 Å². The van der Waals surface area contributed by atoms with E-state index in [1.165, 1.54) is 0 Å². The monoisotopic (exact) mass is 387 g/mol. The highest BCUT2D eigenvalue weighted by Crippen LogP contribution is 2.38. The van der Waals surface area contributed by atoms with Gasteiger partial charge < -0.3 is 9.67 Å². The third kappa shape index (κ3) is 2.49. The second-order valence-corrected chi connectivity index (χ2v) is 7.84. The Morgan fingerprint density at radius 2 is 2.00 bits per heavy atom. The SMILES string of the molecule is CCc1cc2c(=O)nc3n(c2s1)Cc1ccccc1/C3=C(\O)c1ccncc1. The van der Waals surface area contributed by atoms with Crippen LogP contribution in [-0.2, 0) is 13.0 Å². The molecular weight excluding hydrogens is 370 g/mol. The molecule has 0 amide bonds. The van der Waals surface area contributed by atoms with Gasteiger partial charge in [-0.05, 0) is 35.7 Å². The van der Waals surface area contributed by atoms with E-state index in [4.69, 9.17) is 0 Å². The van der Waals surface area contributed by atoms with Crippen LogP contribution in [0.1, 0.15) is 34.3 Å². The van der Waals surface area contributed by atoms with Crippen LogP contribution in [0.2, 0.25) is 0 Å². The first-order valence-corrected chi connectivity index (χ1v) is 9.94. The summed E-state index contributed by atoms with van der Waals surface area (Å²) in [5.41, 5.74) is 2.96. The lowest BCUT2D eigenvalue weighted by atomic mass is 9.93. The van der Waals surface area contributed by atoms with Gasteiger partial charge in [-0.15, -0.1) is 11.3 Å². The highest BCUT2D eigenvalue weighted by molar-refractivity contribution is 7.18. The molecule has 5 rings (SSSR count). The van der Waals surface area contributed by atoms with Crippen molar-refractivity contribution in [1.82, 2.24) is 14.5 Å². The molecule has 5 nitrogen and oxygen atoms in total. The molecule has 1 aliphatic heterocycles. The van der Waals surface area contributed by atoms with E-state index in [0.717, 1.165) is 27.3 Å². The minimum atomic E-state index is -0.253. The number of rotatable bonds is 2. The standard InChI is InChI=1S/C22H17N3O2S/c1-2-15-11-17-21(27)24-20-18(19(26)13-7-9-23-10-8-13)16-6-4-3-5-14(16)12-25(20)22(17)28-15/h3-11,26H,2,12H2,1H3/b19-18+. The molecule has 3 aromatic heterocycles. The smallest absolute Gasteiger partial charge is 0.281 e. The quantitative estimate of drug-likeness (QED) is 0.460. The Kier molecular flexibility index (Phi) is 3.87. The van der Waals surface area contributed by atoms with Gasteiger partial charge in [0.2, 0.25) is 0 Å². The molecule has 138 valence electrons. The van der Waals surface area contributed by atoms with E-state index in [1.807, 2.05) is 24.3 Å². The molecule has 0 spiro atoms. The van der Waals surface area contributed by atoms with E-state index >= 15 is 0 Å². The average Bonchev–Trinajstić information content (AvgIpc) is 3.18. The Morgan fingerprint density at radius 3 is 2.79 bits per heavy atom. The number of fused-ring (bicyclic) bond motifs is 4. The first-order chi connectivity index (χ1) is 13.7. The van der Waals surface area contributed by atoms with Crippen LogP contribution < -0.4 is 5.56 Å². The van der Waals surface area contributed by atoms with Crippen LogP contribution in [0.25, 0.3) is 21.5 Å². The van der Waals surface area contributed by atoms with E-state index in [1.54, 1.807) is 35.9 Å². The van der Waals surface area contributed by atoms with Crippen LogP contribution in [-0.4, -0.2) is 19.6 Å². The topological polar surface area (TPSA) is 68.0 Å². The molecule has 0 radical (unpaired) electrons. The molecular formula is C22H17N3O2S. The summed E-state index contributed by atoms with van der Waals surface area (Å²) in [7, 11) is 0. The molecule has 0 saturated carbocycles. The van der Waals surface area contributed by atoms with Gasteiger partial charge in [0.15, 0.2) is 0 Å². The molecule has 0 bridgehead atoms. The van der Waals surface area contributed by atoms with E-state index in [9.17, 15) is 9.90 Å². The Labute approximate surface area is 165 Å². The molecule has 6 heteroatoms. The lowest BCUT2D eigenvalue weighted by Crippen LogP contribution is -2.23. The van der Waals surface area contributed by atoms with Crippen molar-refractivity contribution < 1.29 is 5.11 Å².